The second-order valence-corrected chi connectivity index (χ2v) is 5.92. The highest BCUT2D eigenvalue weighted by atomic mass is 14.3. The summed E-state index contributed by atoms with van der Waals surface area (Å²) in [6.07, 6.45) is 2.25. The van der Waals surface area contributed by atoms with Gasteiger partial charge in [-0.2, -0.15) is 0 Å². The highest BCUT2D eigenvalue weighted by molar-refractivity contribution is 4.93. The lowest BCUT2D eigenvalue weighted by atomic mass is 9.72. The van der Waals surface area contributed by atoms with Crippen LogP contribution in [0.1, 0.15) is 54.4 Å². The molecule has 0 saturated carbocycles. The third-order valence-electron chi connectivity index (χ3n) is 1.77. The molecule has 0 aromatic rings. The van der Waals surface area contributed by atoms with Gasteiger partial charge in [-0.3, -0.25) is 0 Å². The summed E-state index contributed by atoms with van der Waals surface area (Å²) >= 11 is 0. The first-order chi connectivity index (χ1) is 5.12. The molecule has 0 nitrogen and oxygen atoms in total. The van der Waals surface area contributed by atoms with Crippen LogP contribution in [0.3, 0.4) is 0 Å². The lowest BCUT2D eigenvalue weighted by Crippen LogP contribution is -2.21. The molecule has 0 N–H and O–H groups in total. The molecule has 0 saturated heterocycles. The molecule has 0 aromatic heterocycles. The highest BCUT2D eigenvalue weighted by Gasteiger charge is 2.30. The summed E-state index contributed by atoms with van der Waals surface area (Å²) in [4.78, 5) is 0. The van der Waals surface area contributed by atoms with Gasteiger partial charge in [0.05, 0.1) is 13.3 Å². The van der Waals surface area contributed by atoms with Crippen molar-refractivity contribution in [2.45, 2.75) is 54.4 Å². The molecule has 0 fully saturated rings. The first-order valence-corrected chi connectivity index (χ1v) is 4.70. The fraction of sp³-hybridized carbons (Fsp3) is 0.833. The third-order valence-corrected chi connectivity index (χ3v) is 1.77. The van der Waals surface area contributed by atoms with Crippen LogP contribution in [-0.2, 0) is 0 Å². The van der Waals surface area contributed by atoms with Gasteiger partial charge in [0.2, 0.25) is 0 Å². The van der Waals surface area contributed by atoms with Gasteiger partial charge < -0.3 is 0 Å². The smallest absolute Gasteiger partial charge is 0.0602 e. The number of rotatable bonds is 3. The third kappa shape index (κ3) is 6.57. The number of hydrogen-bond acceptors (Lipinski definition) is 0. The molecule has 0 rings (SSSR count). The molecule has 0 bridgehead atoms. The van der Waals surface area contributed by atoms with E-state index in [4.69, 9.17) is 6.92 Å². The van der Waals surface area contributed by atoms with E-state index in [2.05, 4.69) is 34.6 Å². The molecular weight excluding hydrogens is 144 g/mol. The standard InChI is InChI=1S/C12H23/c1-10(2)8-12(6,7)9-11(3,4)5/h1H,8-9H2,2-7H3/q+1. The zero-order chi connectivity index (χ0) is 9.99. The molecule has 0 spiro atoms. The molecule has 0 aliphatic carbocycles. The molecule has 0 amide bonds. The predicted octanol–water partition coefficient (Wildman–Crippen LogP) is 4.14. The Hall–Kier alpha value is -0.130. The molecule has 0 aliphatic rings. The second kappa shape index (κ2) is 3.72. The van der Waals surface area contributed by atoms with Crippen molar-refractivity contribution in [1.29, 1.82) is 0 Å². The van der Waals surface area contributed by atoms with Gasteiger partial charge in [-0.15, -0.1) is 0 Å². The van der Waals surface area contributed by atoms with E-state index in [0.717, 1.165) is 12.3 Å². The van der Waals surface area contributed by atoms with E-state index in [9.17, 15) is 0 Å². The summed E-state index contributed by atoms with van der Waals surface area (Å²) in [6, 6.07) is 0. The predicted molar refractivity (Wildman–Crippen MR) is 55.7 cm³/mol. The van der Waals surface area contributed by atoms with E-state index in [-0.39, 0.29) is 0 Å². The van der Waals surface area contributed by atoms with Crippen molar-refractivity contribution in [2.24, 2.45) is 10.8 Å². The Morgan fingerprint density at radius 2 is 1.50 bits per heavy atom. The van der Waals surface area contributed by atoms with Gasteiger partial charge in [0, 0.05) is 5.41 Å². The summed E-state index contributed by atoms with van der Waals surface area (Å²) in [5, 5.41) is 0. The lowest BCUT2D eigenvalue weighted by Gasteiger charge is -2.30. The van der Waals surface area contributed by atoms with Crippen molar-refractivity contribution in [1.82, 2.24) is 0 Å². The first kappa shape index (κ1) is 11.9. The van der Waals surface area contributed by atoms with Crippen LogP contribution in [0.2, 0.25) is 0 Å². The Kier molecular flexibility index (Phi) is 3.68. The minimum atomic E-state index is 0.344. The Morgan fingerprint density at radius 1 is 1.08 bits per heavy atom. The summed E-state index contributed by atoms with van der Waals surface area (Å²) in [5.74, 6) is 1.05. The Labute approximate surface area is 78.8 Å². The molecule has 12 heavy (non-hydrogen) atoms. The van der Waals surface area contributed by atoms with Crippen LogP contribution in [0.5, 0.6) is 0 Å². The van der Waals surface area contributed by atoms with Gasteiger partial charge in [-0.1, -0.05) is 34.6 Å². The second-order valence-electron chi connectivity index (χ2n) is 5.92. The maximum atomic E-state index is 5.71. The first-order valence-electron chi connectivity index (χ1n) is 4.70. The average Bonchev–Trinajstić information content (AvgIpc) is 1.48. The van der Waals surface area contributed by atoms with E-state index in [1.54, 1.807) is 0 Å². The topological polar surface area (TPSA) is 0 Å². The van der Waals surface area contributed by atoms with E-state index in [1.165, 1.54) is 6.42 Å². The molecule has 0 heteroatoms. The molecule has 0 atom stereocenters. The Morgan fingerprint density at radius 3 is 1.75 bits per heavy atom. The zero-order valence-electron chi connectivity index (χ0n) is 9.49. The van der Waals surface area contributed by atoms with E-state index in [1.807, 2.05) is 6.92 Å². The van der Waals surface area contributed by atoms with Gasteiger partial charge in [0.25, 0.3) is 0 Å². The molecule has 0 heterocycles. The quantitative estimate of drug-likeness (QED) is 0.554. The zero-order valence-corrected chi connectivity index (χ0v) is 9.49. The van der Waals surface area contributed by atoms with Crippen molar-refractivity contribution in [3.8, 4) is 0 Å². The number of hydrogen-bond donors (Lipinski definition) is 0. The van der Waals surface area contributed by atoms with E-state index >= 15 is 0 Å². The normalized spacial score (nSPS) is 13.2. The van der Waals surface area contributed by atoms with Gasteiger partial charge in [0.15, 0.2) is 6.92 Å². The lowest BCUT2D eigenvalue weighted by molar-refractivity contribution is 0.206. The van der Waals surface area contributed by atoms with E-state index < -0.39 is 0 Å². The van der Waals surface area contributed by atoms with E-state index in [0.29, 0.717) is 10.8 Å². The largest absolute Gasteiger partial charge is 0.195 e. The van der Waals surface area contributed by atoms with Gasteiger partial charge >= 0.3 is 0 Å². The van der Waals surface area contributed by atoms with Gasteiger partial charge in [-0.25, -0.2) is 0 Å². The van der Waals surface area contributed by atoms with Crippen molar-refractivity contribution in [2.75, 3.05) is 0 Å². The van der Waals surface area contributed by atoms with Crippen LogP contribution >= 0.6 is 0 Å². The minimum Gasteiger partial charge on any atom is -0.0602 e. The van der Waals surface area contributed by atoms with Gasteiger partial charge in [-0.05, 0) is 11.8 Å². The summed E-state index contributed by atoms with van der Waals surface area (Å²) in [7, 11) is 0. The fourth-order valence-corrected chi connectivity index (χ4v) is 2.25. The monoisotopic (exact) mass is 167 g/mol. The van der Waals surface area contributed by atoms with Gasteiger partial charge in [0.1, 0.15) is 5.92 Å². The Bertz CT molecular complexity index is 123. The molecule has 0 aliphatic heterocycles. The van der Waals surface area contributed by atoms with Crippen LogP contribution in [0.25, 0.3) is 0 Å². The fourth-order valence-electron chi connectivity index (χ4n) is 2.25. The van der Waals surface area contributed by atoms with Crippen molar-refractivity contribution in [3.63, 3.8) is 0 Å². The molecule has 0 unspecified atom stereocenters. The van der Waals surface area contributed by atoms with Crippen LogP contribution in [0.15, 0.2) is 0 Å². The Balaban J connectivity index is 4.04. The van der Waals surface area contributed by atoms with Crippen molar-refractivity contribution in [3.05, 3.63) is 12.8 Å². The molecule has 70 valence electrons. The van der Waals surface area contributed by atoms with Crippen LogP contribution in [0, 0.1) is 23.7 Å². The van der Waals surface area contributed by atoms with Crippen LogP contribution in [0.4, 0.5) is 0 Å². The molecule has 2 radical (unpaired) electrons. The average molecular weight is 167 g/mol. The van der Waals surface area contributed by atoms with Crippen molar-refractivity contribution >= 4 is 0 Å². The minimum absolute atomic E-state index is 0.344. The maximum absolute atomic E-state index is 5.71. The summed E-state index contributed by atoms with van der Waals surface area (Å²) in [5.41, 5.74) is 0.746. The van der Waals surface area contributed by atoms with Crippen LogP contribution in [-0.4, -0.2) is 0 Å². The highest BCUT2D eigenvalue weighted by Crippen LogP contribution is 2.37. The molecular formula is C12H23+. The van der Waals surface area contributed by atoms with Crippen molar-refractivity contribution < 1.29 is 0 Å². The molecule has 0 aromatic carbocycles. The summed E-state index contributed by atoms with van der Waals surface area (Å²) in [6.45, 7) is 19.1. The van der Waals surface area contributed by atoms with Crippen LogP contribution < -0.4 is 0 Å². The summed E-state index contributed by atoms with van der Waals surface area (Å²) < 4.78 is 0. The SMILES string of the molecule is [CH][C+](C)CC(C)(C)CC(C)(C)C. The maximum Gasteiger partial charge on any atom is 0.195 e.